The number of nitrogens with zero attached hydrogens (tertiary/aromatic N) is 1. The third-order valence-electron chi connectivity index (χ3n) is 4.64. The van der Waals surface area contributed by atoms with Gasteiger partial charge in [0, 0.05) is 51.5 Å². The molecule has 126 valence electrons. The van der Waals surface area contributed by atoms with Crippen LogP contribution in [-0.2, 0) is 9.47 Å². The standard InChI is InChI=1S/C17H36N2O2/c1-6-17(4)14-18-16(12-15(2)3)13-19(17)8-11-21-10-7-9-20-5/h15-16,18H,6-14H2,1-5H3. The van der Waals surface area contributed by atoms with Crippen molar-refractivity contribution >= 4 is 0 Å². The highest BCUT2D eigenvalue weighted by molar-refractivity contribution is 4.95. The third kappa shape index (κ3) is 6.64. The topological polar surface area (TPSA) is 33.7 Å². The zero-order valence-electron chi connectivity index (χ0n) is 14.8. The van der Waals surface area contributed by atoms with Gasteiger partial charge >= 0.3 is 0 Å². The monoisotopic (exact) mass is 300 g/mol. The van der Waals surface area contributed by atoms with Gasteiger partial charge in [0.2, 0.25) is 0 Å². The second-order valence-corrected chi connectivity index (χ2v) is 6.96. The van der Waals surface area contributed by atoms with Gasteiger partial charge in [0.25, 0.3) is 0 Å². The Kier molecular flexibility index (Phi) is 8.79. The van der Waals surface area contributed by atoms with Crippen molar-refractivity contribution in [1.82, 2.24) is 10.2 Å². The fraction of sp³-hybridized carbons (Fsp3) is 1.00. The van der Waals surface area contributed by atoms with Gasteiger partial charge in [0.1, 0.15) is 0 Å². The van der Waals surface area contributed by atoms with Crippen LogP contribution in [0.5, 0.6) is 0 Å². The molecule has 0 amide bonds. The Hall–Kier alpha value is -0.160. The minimum atomic E-state index is 0.267. The predicted octanol–water partition coefficient (Wildman–Crippen LogP) is 2.53. The van der Waals surface area contributed by atoms with E-state index >= 15 is 0 Å². The molecule has 0 aromatic heterocycles. The molecule has 1 saturated heterocycles. The summed E-state index contributed by atoms with van der Waals surface area (Å²) in [5.41, 5.74) is 0.267. The summed E-state index contributed by atoms with van der Waals surface area (Å²) in [7, 11) is 1.74. The van der Waals surface area contributed by atoms with Crippen LogP contribution in [0, 0.1) is 5.92 Å². The number of piperazine rings is 1. The van der Waals surface area contributed by atoms with Gasteiger partial charge in [-0.1, -0.05) is 20.8 Å². The number of ether oxygens (including phenoxy) is 2. The van der Waals surface area contributed by atoms with E-state index in [2.05, 4.69) is 37.9 Å². The third-order valence-corrected chi connectivity index (χ3v) is 4.64. The summed E-state index contributed by atoms with van der Waals surface area (Å²) in [5.74, 6) is 0.751. The van der Waals surface area contributed by atoms with E-state index < -0.39 is 0 Å². The van der Waals surface area contributed by atoms with Crippen LogP contribution in [0.2, 0.25) is 0 Å². The Bertz CT molecular complexity index is 274. The lowest BCUT2D eigenvalue weighted by Gasteiger charge is -2.48. The number of hydrogen-bond acceptors (Lipinski definition) is 4. The quantitative estimate of drug-likeness (QED) is 0.629. The first-order valence-corrected chi connectivity index (χ1v) is 8.57. The van der Waals surface area contributed by atoms with Gasteiger partial charge in [0.05, 0.1) is 6.61 Å². The van der Waals surface area contributed by atoms with Crippen molar-refractivity contribution in [2.45, 2.75) is 58.5 Å². The van der Waals surface area contributed by atoms with E-state index in [1.807, 2.05) is 0 Å². The minimum absolute atomic E-state index is 0.267. The van der Waals surface area contributed by atoms with Gasteiger partial charge in [-0.05, 0) is 32.1 Å². The molecule has 1 rings (SSSR count). The molecule has 21 heavy (non-hydrogen) atoms. The lowest BCUT2D eigenvalue weighted by molar-refractivity contribution is 0.0114. The highest BCUT2D eigenvalue weighted by Crippen LogP contribution is 2.24. The molecule has 0 aromatic rings. The molecule has 4 heteroatoms. The fourth-order valence-electron chi connectivity index (χ4n) is 3.05. The number of hydrogen-bond donors (Lipinski definition) is 1. The maximum Gasteiger partial charge on any atom is 0.0593 e. The van der Waals surface area contributed by atoms with E-state index in [9.17, 15) is 0 Å². The summed E-state index contributed by atoms with van der Waals surface area (Å²) in [5, 5.41) is 3.74. The van der Waals surface area contributed by atoms with Crippen molar-refractivity contribution in [3.05, 3.63) is 0 Å². The Morgan fingerprint density at radius 1 is 1.29 bits per heavy atom. The van der Waals surface area contributed by atoms with E-state index in [1.165, 1.54) is 12.8 Å². The smallest absolute Gasteiger partial charge is 0.0593 e. The van der Waals surface area contributed by atoms with Gasteiger partial charge in [-0.25, -0.2) is 0 Å². The minimum Gasteiger partial charge on any atom is -0.385 e. The van der Waals surface area contributed by atoms with Crippen LogP contribution < -0.4 is 5.32 Å². The van der Waals surface area contributed by atoms with Gasteiger partial charge in [-0.3, -0.25) is 4.90 Å². The van der Waals surface area contributed by atoms with Crippen molar-refractivity contribution in [2.24, 2.45) is 5.92 Å². The van der Waals surface area contributed by atoms with Crippen molar-refractivity contribution in [2.75, 3.05) is 46.6 Å². The molecule has 1 fully saturated rings. The normalized spacial score (nSPS) is 27.4. The first kappa shape index (κ1) is 18.9. The van der Waals surface area contributed by atoms with Crippen molar-refractivity contribution in [1.29, 1.82) is 0 Å². The average molecular weight is 300 g/mol. The zero-order chi connectivity index (χ0) is 15.7. The van der Waals surface area contributed by atoms with Crippen molar-refractivity contribution in [3.63, 3.8) is 0 Å². The van der Waals surface area contributed by atoms with E-state index in [0.717, 1.165) is 51.8 Å². The van der Waals surface area contributed by atoms with Crippen molar-refractivity contribution in [3.8, 4) is 0 Å². The maximum atomic E-state index is 5.75. The molecule has 1 N–H and O–H groups in total. The van der Waals surface area contributed by atoms with E-state index in [1.54, 1.807) is 7.11 Å². The predicted molar refractivity (Wildman–Crippen MR) is 88.8 cm³/mol. The lowest BCUT2D eigenvalue weighted by atomic mass is 9.90. The largest absolute Gasteiger partial charge is 0.385 e. The zero-order valence-corrected chi connectivity index (χ0v) is 14.8. The SMILES string of the molecule is CCC1(C)CNC(CC(C)C)CN1CCOCCCOC. The molecule has 1 heterocycles. The highest BCUT2D eigenvalue weighted by Gasteiger charge is 2.35. The Labute approximate surface area is 131 Å². The molecule has 0 radical (unpaired) electrons. The number of methoxy groups -OCH3 is 1. The number of rotatable bonds is 10. The van der Waals surface area contributed by atoms with Gasteiger partial charge in [0.15, 0.2) is 0 Å². The fourth-order valence-corrected chi connectivity index (χ4v) is 3.05. The lowest BCUT2D eigenvalue weighted by Crippen LogP contribution is -2.63. The van der Waals surface area contributed by atoms with Crippen LogP contribution in [0.15, 0.2) is 0 Å². The summed E-state index contributed by atoms with van der Waals surface area (Å²) in [6, 6.07) is 0.623. The van der Waals surface area contributed by atoms with Crippen LogP contribution in [0.4, 0.5) is 0 Å². The van der Waals surface area contributed by atoms with Crippen LogP contribution in [0.1, 0.15) is 47.0 Å². The molecule has 0 aliphatic carbocycles. The van der Waals surface area contributed by atoms with Crippen LogP contribution in [0.3, 0.4) is 0 Å². The molecule has 4 nitrogen and oxygen atoms in total. The molecule has 1 aliphatic heterocycles. The second kappa shape index (κ2) is 9.78. The van der Waals surface area contributed by atoms with Crippen molar-refractivity contribution < 1.29 is 9.47 Å². The molecule has 0 aromatic carbocycles. The summed E-state index contributed by atoms with van der Waals surface area (Å²) >= 11 is 0. The second-order valence-electron chi connectivity index (χ2n) is 6.96. The number of nitrogens with one attached hydrogen (secondary N) is 1. The Morgan fingerprint density at radius 3 is 2.67 bits per heavy atom. The Balaban J connectivity index is 2.37. The highest BCUT2D eigenvalue weighted by atomic mass is 16.5. The van der Waals surface area contributed by atoms with E-state index in [0.29, 0.717) is 6.04 Å². The summed E-state index contributed by atoms with van der Waals surface area (Å²) in [4.78, 5) is 2.63. The Morgan fingerprint density at radius 2 is 2.05 bits per heavy atom. The molecule has 2 atom stereocenters. The first-order chi connectivity index (χ1) is 10.0. The van der Waals surface area contributed by atoms with Gasteiger partial charge in [-0.15, -0.1) is 0 Å². The first-order valence-electron chi connectivity index (χ1n) is 8.57. The molecule has 0 bridgehead atoms. The van der Waals surface area contributed by atoms with Crippen LogP contribution >= 0.6 is 0 Å². The van der Waals surface area contributed by atoms with E-state index in [-0.39, 0.29) is 5.54 Å². The van der Waals surface area contributed by atoms with Crippen LogP contribution in [0.25, 0.3) is 0 Å². The van der Waals surface area contributed by atoms with Gasteiger partial charge in [-0.2, -0.15) is 0 Å². The molecule has 0 saturated carbocycles. The molecular formula is C17H36N2O2. The molecule has 2 unspecified atom stereocenters. The molecular weight excluding hydrogens is 264 g/mol. The van der Waals surface area contributed by atoms with Crippen LogP contribution in [-0.4, -0.2) is 63.0 Å². The van der Waals surface area contributed by atoms with Gasteiger partial charge < -0.3 is 14.8 Å². The summed E-state index contributed by atoms with van der Waals surface area (Å²) in [6.07, 6.45) is 3.42. The average Bonchev–Trinajstić information content (AvgIpc) is 2.45. The summed E-state index contributed by atoms with van der Waals surface area (Å²) in [6.45, 7) is 15.0. The maximum absolute atomic E-state index is 5.75. The summed E-state index contributed by atoms with van der Waals surface area (Å²) < 4.78 is 10.8. The van der Waals surface area contributed by atoms with E-state index in [4.69, 9.17) is 9.47 Å². The molecule has 1 aliphatic rings. The molecule has 0 spiro atoms.